The van der Waals surface area contributed by atoms with E-state index in [9.17, 15) is 14.4 Å². The van der Waals surface area contributed by atoms with E-state index in [0.717, 1.165) is 111 Å². The van der Waals surface area contributed by atoms with Crippen molar-refractivity contribution in [1.82, 2.24) is 34.7 Å². The summed E-state index contributed by atoms with van der Waals surface area (Å²) in [4.78, 5) is 57.8. The summed E-state index contributed by atoms with van der Waals surface area (Å²) in [7, 11) is 0. The molecule has 9 aromatic rings. The number of aliphatic imine (C=N–C) groups is 1. The van der Waals surface area contributed by atoms with Gasteiger partial charge >= 0.3 is 12.1 Å². The maximum absolute atomic E-state index is 12.2. The zero-order valence-corrected chi connectivity index (χ0v) is 50.5. The van der Waals surface area contributed by atoms with Crippen molar-refractivity contribution >= 4 is 139 Å². The molecule has 2 fully saturated rings. The Hall–Kier alpha value is -7.28. The molecule has 3 aliphatic rings. The van der Waals surface area contributed by atoms with Crippen LogP contribution < -0.4 is 22.1 Å². The molecule has 1 atom stereocenters. The summed E-state index contributed by atoms with van der Waals surface area (Å²) in [5.74, 6) is 1.34. The first-order valence-electron chi connectivity index (χ1n) is 26.0. The zero-order valence-electron chi connectivity index (χ0n) is 45.7. The van der Waals surface area contributed by atoms with Gasteiger partial charge in [0.05, 0.1) is 30.6 Å². The van der Waals surface area contributed by atoms with E-state index in [1.165, 1.54) is 27.2 Å². The summed E-state index contributed by atoms with van der Waals surface area (Å²) in [6.07, 6.45) is 11.6. The minimum atomic E-state index is -0.864. The van der Waals surface area contributed by atoms with E-state index in [-0.39, 0.29) is 11.1 Å². The van der Waals surface area contributed by atoms with Crippen molar-refractivity contribution in [3.8, 4) is 0 Å². The number of aromatic carboxylic acids is 1. The van der Waals surface area contributed by atoms with Gasteiger partial charge in [-0.3, -0.25) is 9.79 Å². The minimum Gasteiger partial charge on any atom is -0.477 e. The van der Waals surface area contributed by atoms with E-state index in [0.29, 0.717) is 34.0 Å². The number of thiophene rings is 1. The van der Waals surface area contributed by atoms with Gasteiger partial charge in [-0.15, -0.1) is 11.3 Å². The second kappa shape index (κ2) is 30.1. The molecule has 19 nitrogen and oxygen atoms in total. The van der Waals surface area contributed by atoms with Gasteiger partial charge in [0.2, 0.25) is 5.28 Å². The van der Waals surface area contributed by atoms with E-state index < -0.39 is 17.7 Å². The number of carboxylic acid groups (broad SMARTS) is 1. The highest BCUT2D eigenvalue weighted by Crippen LogP contribution is 2.29. The SMILES string of the molecule is CC(=O)c1cc2ccc(Br)cc2[nH]1.CC(C)(C)OC(=O)n1ncc2cc(Nc3ccnc(Cl)n3)ccc21.Cc1nccc(Nc2ccc(C3=CCN=C3)cc2)n1.NC1CCOC1.NC1CCOCC1.O=C(O)c1cc2ccc(Br)cc2s1. The van der Waals surface area contributed by atoms with Crippen LogP contribution in [0.2, 0.25) is 5.28 Å². The van der Waals surface area contributed by atoms with Gasteiger partial charge in [0.1, 0.15) is 27.9 Å². The molecule has 0 spiro atoms. The molecule has 0 amide bonds. The number of aryl methyl sites for hydroxylation is 1. The Balaban J connectivity index is 0.000000150. The van der Waals surface area contributed by atoms with Gasteiger partial charge in [-0.2, -0.15) is 9.78 Å². The van der Waals surface area contributed by atoms with Gasteiger partial charge in [-0.25, -0.2) is 29.5 Å². The highest BCUT2D eigenvalue weighted by molar-refractivity contribution is 9.10. The van der Waals surface area contributed by atoms with E-state index in [1.54, 1.807) is 43.7 Å². The fourth-order valence-corrected chi connectivity index (χ4v) is 9.71. The fraction of sp³-hybridized carbons (Fsp3) is 0.271. The normalized spacial score (nSPS) is 14.5. The van der Waals surface area contributed by atoms with Gasteiger partial charge in [-0.1, -0.05) is 62.2 Å². The van der Waals surface area contributed by atoms with Crippen LogP contribution in [0, 0.1) is 6.92 Å². The molecule has 8 N–H and O–H groups in total. The maximum atomic E-state index is 12.2. The summed E-state index contributed by atoms with van der Waals surface area (Å²) in [6.45, 7) is 13.0. The molecule has 12 rings (SSSR count). The molecule has 1 unspecified atom stereocenters. The molecule has 4 aromatic carbocycles. The number of nitrogens with two attached hydrogens (primary N) is 2. The number of fused-ring (bicyclic) bond motifs is 3. The lowest BCUT2D eigenvalue weighted by atomic mass is 10.1. The number of nitrogens with zero attached hydrogens (tertiary/aromatic N) is 7. The first-order valence-corrected chi connectivity index (χ1v) is 28.8. The van der Waals surface area contributed by atoms with Crippen LogP contribution in [0.4, 0.5) is 27.8 Å². The molecule has 0 radical (unpaired) electrons. The number of nitrogens with one attached hydrogen (secondary N) is 3. The molecule has 0 aliphatic carbocycles. The van der Waals surface area contributed by atoms with Gasteiger partial charge in [0.25, 0.3) is 0 Å². The second-order valence-electron chi connectivity index (χ2n) is 19.6. The lowest BCUT2D eigenvalue weighted by Gasteiger charge is -2.19. The van der Waals surface area contributed by atoms with Crippen LogP contribution >= 0.6 is 54.8 Å². The number of allylic oxidation sites excluding steroid dienone is 1. The molecule has 8 heterocycles. The van der Waals surface area contributed by atoms with Crippen LogP contribution in [-0.2, 0) is 14.2 Å². The number of aromatic nitrogens is 7. The Morgan fingerprint density at radius 2 is 1.45 bits per heavy atom. The predicted octanol–water partition coefficient (Wildman–Crippen LogP) is 13.4. The number of benzene rings is 4. The number of aromatic amines is 1. The molecular weight excluding hydrogens is 1220 g/mol. The third kappa shape index (κ3) is 19.7. The topological polar surface area (TPSA) is 273 Å². The molecule has 23 heteroatoms. The molecule has 5 aromatic heterocycles. The number of rotatable bonds is 7. The van der Waals surface area contributed by atoms with E-state index in [1.807, 2.05) is 107 Å². The van der Waals surface area contributed by atoms with Crippen LogP contribution in [0.15, 0.2) is 142 Å². The largest absolute Gasteiger partial charge is 0.477 e. The van der Waals surface area contributed by atoms with Gasteiger partial charge in [0, 0.05) is 98.7 Å². The first kappa shape index (κ1) is 62.3. The molecule has 0 saturated carbocycles. The van der Waals surface area contributed by atoms with E-state index >= 15 is 0 Å². The summed E-state index contributed by atoms with van der Waals surface area (Å²) < 4.78 is 19.6. The first-order chi connectivity index (χ1) is 39.2. The van der Waals surface area contributed by atoms with Crippen molar-refractivity contribution < 1.29 is 33.7 Å². The minimum absolute atomic E-state index is 0.0623. The van der Waals surface area contributed by atoms with Crippen molar-refractivity contribution in [2.75, 3.05) is 43.6 Å². The number of ketones is 1. The number of hydrogen-bond donors (Lipinski definition) is 6. The molecule has 2 saturated heterocycles. The van der Waals surface area contributed by atoms with E-state index in [4.69, 9.17) is 42.4 Å². The number of hydrogen-bond acceptors (Lipinski definition) is 17. The Bertz CT molecular complexity index is 3580. The van der Waals surface area contributed by atoms with Crippen LogP contribution in [0.5, 0.6) is 0 Å². The predicted molar refractivity (Wildman–Crippen MR) is 333 cm³/mol. The summed E-state index contributed by atoms with van der Waals surface area (Å²) >= 11 is 13.8. The van der Waals surface area contributed by atoms with Crippen LogP contribution in [0.1, 0.15) is 78.5 Å². The summed E-state index contributed by atoms with van der Waals surface area (Å²) in [6, 6.07) is 33.2. The lowest BCUT2D eigenvalue weighted by molar-refractivity contribution is 0.0522. The number of ether oxygens (including phenoxy) is 3. The molecular formula is C59H63Br2ClN12O7S. The highest BCUT2D eigenvalue weighted by Gasteiger charge is 2.20. The number of carbonyl (C=O) groups is 3. The van der Waals surface area contributed by atoms with Gasteiger partial charge in [0.15, 0.2) is 5.78 Å². The van der Waals surface area contributed by atoms with Crippen molar-refractivity contribution in [3.63, 3.8) is 0 Å². The smallest absolute Gasteiger partial charge is 0.435 e. The van der Waals surface area contributed by atoms with Crippen LogP contribution in [-0.4, -0.2) is 115 Å². The van der Waals surface area contributed by atoms with Crippen molar-refractivity contribution in [2.24, 2.45) is 16.5 Å². The number of H-pyrrole nitrogens is 1. The van der Waals surface area contributed by atoms with Crippen molar-refractivity contribution in [3.05, 3.63) is 164 Å². The Labute approximate surface area is 500 Å². The Morgan fingerprint density at radius 3 is 2.05 bits per heavy atom. The van der Waals surface area contributed by atoms with Gasteiger partial charge < -0.3 is 46.4 Å². The Kier molecular flexibility index (Phi) is 22.9. The average molecular weight is 1280 g/mol. The fourth-order valence-electron chi connectivity index (χ4n) is 7.75. The summed E-state index contributed by atoms with van der Waals surface area (Å²) in [5, 5.41) is 22.2. The second-order valence-corrected chi connectivity index (χ2v) is 22.9. The third-order valence-electron chi connectivity index (χ3n) is 11.8. The number of anilines is 4. The van der Waals surface area contributed by atoms with E-state index in [2.05, 4.69) is 95.7 Å². The highest BCUT2D eigenvalue weighted by atomic mass is 79.9. The lowest BCUT2D eigenvalue weighted by Crippen LogP contribution is -2.28. The third-order valence-corrected chi connectivity index (χ3v) is 14.1. The number of halogens is 3. The van der Waals surface area contributed by atoms with Crippen molar-refractivity contribution in [2.45, 2.75) is 71.6 Å². The van der Waals surface area contributed by atoms with Crippen LogP contribution in [0.3, 0.4) is 0 Å². The molecule has 0 bridgehead atoms. The maximum Gasteiger partial charge on any atom is 0.435 e. The molecule has 3 aliphatic heterocycles. The number of carbonyl (C=O) groups excluding carboxylic acids is 2. The zero-order chi connectivity index (χ0) is 58.8. The molecule has 82 heavy (non-hydrogen) atoms. The van der Waals surface area contributed by atoms with Gasteiger partial charge in [-0.05, 0) is 154 Å². The number of Topliss-reactive ketones (excluding diaryl/α,β-unsaturated/α-hetero) is 1. The number of carboxylic acids is 1. The standard InChI is InChI=1S/C16H16ClN5O2.C15H14N4.C10H8BrNO.C9H5BrO2S.C5H11NO.C4H9NO/c1-16(2,3)24-15(23)22-12-5-4-11(8-10(12)9-19-22)20-13-6-7-18-14(17)21-13;1-11-17-9-7-15(18-11)19-14-4-2-12(3-5-14)13-6-8-16-10-13;1-6(13)9-4-7-2-3-8(11)5-10(7)12-9;10-6-2-1-5-3-8(9(11)12)13-7(5)4-6;6-5-1-3-7-4-2-5;5-4-1-2-6-3-4/h4-9H,1-3H3,(H,18,20,21);2-7,9-10H,8H2,1H3,(H,17,18,19);2-5,12H,1H3;1-4H,(H,11,12);5H,1-4,6H2;4H,1-3,5H2. The Morgan fingerprint density at radius 1 is 0.793 bits per heavy atom. The molecule has 428 valence electrons. The van der Waals surface area contributed by atoms with Crippen molar-refractivity contribution in [1.29, 1.82) is 0 Å². The monoisotopic (exact) mass is 1280 g/mol. The summed E-state index contributed by atoms with van der Waals surface area (Å²) in [5.41, 5.74) is 16.9. The van der Waals surface area contributed by atoms with Crippen LogP contribution in [0.25, 0.3) is 37.5 Å². The quantitative estimate of drug-likeness (QED) is 0.0639. The average Bonchev–Trinajstić information content (AvgIpc) is 4.42.